The van der Waals surface area contributed by atoms with E-state index in [1.165, 1.54) is 88.5 Å². The van der Waals surface area contributed by atoms with Crippen LogP contribution in [0.5, 0.6) is 0 Å². The molecule has 8 aromatic rings. The van der Waals surface area contributed by atoms with Gasteiger partial charge in [0.05, 0.1) is 17.1 Å². The molecule has 2 heteroatoms. The first-order valence-corrected chi connectivity index (χ1v) is 16.2. The largest absolute Gasteiger partial charge is 0.366 e. The van der Waals surface area contributed by atoms with Crippen LogP contribution in [0.4, 0.5) is 5.69 Å². The number of anilines is 1. The first kappa shape index (κ1) is 25.7. The van der Waals surface area contributed by atoms with Crippen molar-refractivity contribution >= 4 is 38.3 Å². The van der Waals surface area contributed by atoms with Gasteiger partial charge in [0.15, 0.2) is 0 Å². The van der Waals surface area contributed by atoms with Crippen LogP contribution in [0.3, 0.4) is 0 Å². The maximum atomic E-state index is 2.49. The second-order valence-electron chi connectivity index (χ2n) is 13.1. The van der Waals surface area contributed by atoms with Gasteiger partial charge in [0.2, 0.25) is 0 Å². The lowest BCUT2D eigenvalue weighted by Gasteiger charge is -2.35. The molecule has 2 unspecified atom stereocenters. The van der Waals surface area contributed by atoms with Crippen molar-refractivity contribution in [2.24, 2.45) is 0 Å². The van der Waals surface area contributed by atoms with Crippen LogP contribution in [0.2, 0.25) is 0 Å². The van der Waals surface area contributed by atoms with Crippen LogP contribution in [0.15, 0.2) is 146 Å². The van der Waals surface area contributed by atoms with Gasteiger partial charge in [-0.15, -0.1) is 0 Å². The summed E-state index contributed by atoms with van der Waals surface area (Å²) >= 11 is 0. The summed E-state index contributed by atoms with van der Waals surface area (Å²) in [6.45, 7) is 2.15. The molecule has 0 saturated carbocycles. The van der Waals surface area contributed by atoms with Gasteiger partial charge in [-0.05, 0) is 99.1 Å². The van der Waals surface area contributed by atoms with Gasteiger partial charge >= 0.3 is 0 Å². The number of rotatable bonds is 2. The highest BCUT2D eigenvalue weighted by Gasteiger charge is 2.43. The number of nitrogens with zero attached hydrogens (tertiary/aromatic N) is 2. The molecule has 2 aliphatic rings. The lowest BCUT2D eigenvalue weighted by molar-refractivity contribution is 0.632. The summed E-state index contributed by atoms with van der Waals surface area (Å²) in [6, 6.07) is 54.8. The maximum Gasteiger partial charge on any atom is 0.0655 e. The zero-order valence-corrected chi connectivity index (χ0v) is 25.9. The Balaban J connectivity index is 1.20. The zero-order valence-electron chi connectivity index (χ0n) is 25.9. The third kappa shape index (κ3) is 3.47. The molecule has 0 spiro atoms. The highest BCUT2D eigenvalue weighted by molar-refractivity contribution is 6.21. The predicted molar refractivity (Wildman–Crippen MR) is 193 cm³/mol. The van der Waals surface area contributed by atoms with E-state index < -0.39 is 0 Å². The van der Waals surface area contributed by atoms with E-state index in [2.05, 4.69) is 169 Å². The van der Waals surface area contributed by atoms with E-state index in [-0.39, 0.29) is 6.04 Å². The van der Waals surface area contributed by atoms with Gasteiger partial charge in [-0.3, -0.25) is 0 Å². The van der Waals surface area contributed by atoms with Crippen molar-refractivity contribution in [3.63, 3.8) is 0 Å². The van der Waals surface area contributed by atoms with Crippen LogP contribution < -0.4 is 4.90 Å². The Hall–Kier alpha value is -5.60. The normalized spacial score (nSPS) is 16.4. The average molecular weight is 589 g/mol. The summed E-state index contributed by atoms with van der Waals surface area (Å²) in [6.07, 6.45) is 0. The molecule has 7 aromatic carbocycles. The molecule has 1 aromatic heterocycles. The molecule has 46 heavy (non-hydrogen) atoms. The summed E-state index contributed by atoms with van der Waals surface area (Å²) in [5.74, 6) is 0.341. The number of likely N-dealkylation sites (N-methyl/N-ethyl adjacent to an activating group) is 1. The van der Waals surface area contributed by atoms with Crippen molar-refractivity contribution in [3.8, 4) is 27.9 Å². The van der Waals surface area contributed by atoms with Gasteiger partial charge in [-0.25, -0.2) is 0 Å². The van der Waals surface area contributed by atoms with Gasteiger partial charge in [-0.1, -0.05) is 109 Å². The van der Waals surface area contributed by atoms with Crippen molar-refractivity contribution < 1.29 is 0 Å². The molecule has 2 nitrogen and oxygen atoms in total. The Kier molecular flexibility index (Phi) is 5.28. The summed E-state index contributed by atoms with van der Waals surface area (Å²) in [4.78, 5) is 2.49. The molecule has 2 heterocycles. The van der Waals surface area contributed by atoms with E-state index in [1.54, 1.807) is 0 Å². The lowest BCUT2D eigenvalue weighted by Crippen LogP contribution is -2.26. The SMILES string of the molecule is Cc1ccc(-n2c3ccc(-c4ccc5c(c4)-c4ccccc4C4c6ccccc6N(C)C54)cc3c3c4ccccc4ccc32)cc1. The molecule has 0 radical (unpaired) electrons. The summed E-state index contributed by atoms with van der Waals surface area (Å²) in [7, 11) is 2.26. The Morgan fingerprint density at radius 2 is 1.24 bits per heavy atom. The molecule has 0 saturated heterocycles. The Labute approximate surface area is 268 Å². The van der Waals surface area contributed by atoms with Crippen LogP contribution in [-0.4, -0.2) is 11.6 Å². The fourth-order valence-electron chi connectivity index (χ4n) is 8.52. The van der Waals surface area contributed by atoms with E-state index in [1.807, 2.05) is 0 Å². The molecule has 0 N–H and O–H groups in total. The Morgan fingerprint density at radius 1 is 0.522 bits per heavy atom. The third-order valence-electron chi connectivity index (χ3n) is 10.6. The van der Waals surface area contributed by atoms with E-state index in [0.29, 0.717) is 5.92 Å². The highest BCUT2D eigenvalue weighted by atomic mass is 15.2. The van der Waals surface area contributed by atoms with Gasteiger partial charge < -0.3 is 9.47 Å². The Bertz CT molecular complexity index is 2520. The molecule has 2 atom stereocenters. The predicted octanol–water partition coefficient (Wildman–Crippen LogP) is 11.2. The number of benzene rings is 7. The average Bonchev–Trinajstić information content (AvgIpc) is 3.61. The van der Waals surface area contributed by atoms with Crippen molar-refractivity contribution in [1.82, 2.24) is 4.57 Å². The molecule has 1 aliphatic heterocycles. The third-order valence-corrected chi connectivity index (χ3v) is 10.6. The van der Waals surface area contributed by atoms with Crippen LogP contribution >= 0.6 is 0 Å². The zero-order chi connectivity index (χ0) is 30.5. The number of aromatic nitrogens is 1. The number of fused-ring (bicyclic) bond motifs is 13. The Morgan fingerprint density at radius 3 is 2.13 bits per heavy atom. The summed E-state index contributed by atoms with van der Waals surface area (Å²) < 4.78 is 2.43. The smallest absolute Gasteiger partial charge is 0.0655 e. The minimum absolute atomic E-state index is 0.290. The molecule has 10 rings (SSSR count). The van der Waals surface area contributed by atoms with Crippen LogP contribution in [0.25, 0.3) is 60.5 Å². The second kappa shape index (κ2) is 9.45. The maximum absolute atomic E-state index is 2.49. The molecular formula is C44H32N2. The highest BCUT2D eigenvalue weighted by Crippen LogP contribution is 2.58. The number of para-hydroxylation sites is 1. The number of hydrogen-bond acceptors (Lipinski definition) is 1. The topological polar surface area (TPSA) is 8.17 Å². The van der Waals surface area contributed by atoms with Gasteiger partial charge in [0.25, 0.3) is 0 Å². The van der Waals surface area contributed by atoms with E-state index in [4.69, 9.17) is 0 Å². The molecule has 0 bridgehead atoms. The van der Waals surface area contributed by atoms with Crippen LogP contribution in [-0.2, 0) is 0 Å². The lowest BCUT2D eigenvalue weighted by atomic mass is 9.73. The second-order valence-corrected chi connectivity index (χ2v) is 13.1. The van der Waals surface area contributed by atoms with Crippen molar-refractivity contribution in [2.75, 3.05) is 11.9 Å². The van der Waals surface area contributed by atoms with Crippen LogP contribution in [0, 0.1) is 6.92 Å². The van der Waals surface area contributed by atoms with Gasteiger partial charge in [-0.2, -0.15) is 0 Å². The fraction of sp³-hybridized carbons (Fsp3) is 0.0909. The molecule has 218 valence electrons. The van der Waals surface area contributed by atoms with Crippen molar-refractivity contribution in [1.29, 1.82) is 0 Å². The summed E-state index contributed by atoms with van der Waals surface area (Å²) in [5, 5.41) is 5.16. The number of aryl methyl sites for hydroxylation is 1. The minimum atomic E-state index is 0.290. The first-order chi connectivity index (χ1) is 22.7. The fourth-order valence-corrected chi connectivity index (χ4v) is 8.52. The first-order valence-electron chi connectivity index (χ1n) is 16.2. The standard InChI is InChI=1S/C44H32N2/c1-27-15-20-31(21-16-27)46-40-23-19-30(26-38(40)42-32-10-4-3-9-28(32)18-24-41(42)46)29-17-22-35-37(25-29)33-11-5-6-12-34(33)43-36-13-7-8-14-39(36)45(2)44(35)43/h3-26,43-44H,1-2H3. The molecule has 0 fully saturated rings. The minimum Gasteiger partial charge on any atom is -0.366 e. The van der Waals surface area contributed by atoms with E-state index >= 15 is 0 Å². The molecular weight excluding hydrogens is 556 g/mol. The quantitative estimate of drug-likeness (QED) is 0.195. The van der Waals surface area contributed by atoms with Gasteiger partial charge in [0, 0.05) is 35.1 Å². The monoisotopic (exact) mass is 588 g/mol. The van der Waals surface area contributed by atoms with Crippen molar-refractivity contribution in [2.45, 2.75) is 18.9 Å². The van der Waals surface area contributed by atoms with Gasteiger partial charge in [0.1, 0.15) is 0 Å². The molecule has 1 aliphatic carbocycles. The van der Waals surface area contributed by atoms with Crippen LogP contribution in [0.1, 0.15) is 34.2 Å². The van der Waals surface area contributed by atoms with E-state index in [9.17, 15) is 0 Å². The van der Waals surface area contributed by atoms with Crippen molar-refractivity contribution in [3.05, 3.63) is 168 Å². The summed E-state index contributed by atoms with van der Waals surface area (Å²) in [5.41, 5.74) is 15.7. The van der Waals surface area contributed by atoms with E-state index in [0.717, 1.165) is 0 Å². The number of hydrogen-bond donors (Lipinski definition) is 0. The molecule has 0 amide bonds.